The Morgan fingerprint density at radius 1 is 1.60 bits per heavy atom. The van der Waals surface area contributed by atoms with E-state index in [0.29, 0.717) is 22.3 Å². The first-order chi connectivity index (χ1) is 9.40. The zero-order valence-corrected chi connectivity index (χ0v) is 12.1. The lowest BCUT2D eigenvalue weighted by Crippen LogP contribution is -2.19. The first-order valence-corrected chi connectivity index (χ1v) is 6.66. The number of nitrogens with one attached hydrogen (secondary N) is 1. The highest BCUT2D eigenvalue weighted by atomic mass is 79.9. The Hall–Kier alpha value is -1.96. The maximum atomic E-state index is 10.9. The maximum absolute atomic E-state index is 10.9. The largest absolute Gasteiger partial charge is 0.481 e. The van der Waals surface area contributed by atoms with Crippen LogP contribution in [0.3, 0.4) is 0 Å². The number of halogens is 1. The highest BCUT2D eigenvalue weighted by Crippen LogP contribution is 2.32. The number of hydrogen-bond donors (Lipinski definition) is 2. The number of aromatic nitrogens is 1. The number of carbonyl (C=O) groups is 1. The van der Waals surface area contributed by atoms with Crippen molar-refractivity contribution in [2.45, 2.75) is 19.4 Å². The monoisotopic (exact) mass is 341 g/mol. The number of aliphatic carboxylic acids is 1. The molecule has 0 amide bonds. The molecule has 1 aromatic heterocycles. The Kier molecular flexibility index (Phi) is 4.03. The second kappa shape index (κ2) is 5.58. The molecule has 106 valence electrons. The molecular formula is C12H12BrN3O4. The Morgan fingerprint density at radius 2 is 2.30 bits per heavy atom. The van der Waals surface area contributed by atoms with E-state index in [1.807, 2.05) is 0 Å². The predicted octanol–water partition coefficient (Wildman–Crippen LogP) is 2.50. The summed E-state index contributed by atoms with van der Waals surface area (Å²) in [7, 11) is 0. The summed E-state index contributed by atoms with van der Waals surface area (Å²) >= 11 is 3.28. The maximum Gasteiger partial charge on any atom is 0.310 e. The molecule has 2 rings (SSSR count). The summed E-state index contributed by atoms with van der Waals surface area (Å²) in [6.07, 6.45) is 5.02. The SMILES string of the molecule is Cc1c([N+](=O)[O-])cnc(NC2C=CC(C(=O)O)C2)c1Br. The molecule has 1 aliphatic carbocycles. The number of pyridine rings is 1. The van der Waals surface area contributed by atoms with Crippen LogP contribution in [0, 0.1) is 23.0 Å². The van der Waals surface area contributed by atoms with Crippen LogP contribution in [0.2, 0.25) is 0 Å². The minimum atomic E-state index is -0.863. The molecule has 2 atom stereocenters. The van der Waals surface area contributed by atoms with Crippen molar-refractivity contribution in [3.63, 3.8) is 0 Å². The molecule has 0 aromatic carbocycles. The zero-order chi connectivity index (χ0) is 14.9. The summed E-state index contributed by atoms with van der Waals surface area (Å²) in [6, 6.07) is -0.152. The van der Waals surface area contributed by atoms with Gasteiger partial charge in [-0.1, -0.05) is 12.2 Å². The third-order valence-corrected chi connectivity index (χ3v) is 4.13. The van der Waals surface area contributed by atoms with E-state index in [1.54, 1.807) is 19.1 Å². The lowest BCUT2D eigenvalue weighted by Gasteiger charge is -2.14. The van der Waals surface area contributed by atoms with E-state index in [0.717, 1.165) is 0 Å². The third-order valence-electron chi connectivity index (χ3n) is 3.16. The quantitative estimate of drug-likeness (QED) is 0.495. The standard InChI is InChI=1S/C12H12BrN3O4/c1-6-9(16(19)20)5-14-11(10(6)13)15-8-3-2-7(4-8)12(17)18/h2-3,5,7-8H,4H2,1H3,(H,14,15)(H,17,18). The van der Waals surface area contributed by atoms with Crippen molar-refractivity contribution in [1.29, 1.82) is 0 Å². The van der Waals surface area contributed by atoms with Gasteiger partial charge in [0.05, 0.1) is 15.3 Å². The lowest BCUT2D eigenvalue weighted by molar-refractivity contribution is -0.385. The highest BCUT2D eigenvalue weighted by Gasteiger charge is 2.26. The van der Waals surface area contributed by atoms with Gasteiger partial charge in [0.15, 0.2) is 0 Å². The van der Waals surface area contributed by atoms with Crippen molar-refractivity contribution in [1.82, 2.24) is 4.98 Å². The van der Waals surface area contributed by atoms with E-state index in [9.17, 15) is 14.9 Å². The first-order valence-electron chi connectivity index (χ1n) is 5.87. The van der Waals surface area contributed by atoms with Crippen LogP contribution in [0.25, 0.3) is 0 Å². The summed E-state index contributed by atoms with van der Waals surface area (Å²) in [5, 5.41) is 22.8. The average molecular weight is 342 g/mol. The number of rotatable bonds is 4. The van der Waals surface area contributed by atoms with E-state index >= 15 is 0 Å². The van der Waals surface area contributed by atoms with E-state index in [1.165, 1.54) is 6.20 Å². The molecule has 7 nitrogen and oxygen atoms in total. The molecule has 20 heavy (non-hydrogen) atoms. The van der Waals surface area contributed by atoms with Crippen LogP contribution in [0.15, 0.2) is 22.8 Å². The lowest BCUT2D eigenvalue weighted by atomic mass is 10.1. The minimum Gasteiger partial charge on any atom is -0.481 e. The number of nitrogens with zero attached hydrogens (tertiary/aromatic N) is 2. The fraction of sp³-hybridized carbons (Fsp3) is 0.333. The molecule has 0 radical (unpaired) electrons. The Morgan fingerprint density at radius 3 is 2.85 bits per heavy atom. The number of hydrogen-bond acceptors (Lipinski definition) is 5. The van der Waals surface area contributed by atoms with Crippen molar-refractivity contribution >= 4 is 33.4 Å². The second-order valence-electron chi connectivity index (χ2n) is 4.50. The Balaban J connectivity index is 2.16. The van der Waals surface area contributed by atoms with Crippen LogP contribution in [0.4, 0.5) is 11.5 Å². The van der Waals surface area contributed by atoms with Crippen molar-refractivity contribution in [3.05, 3.63) is 38.5 Å². The molecule has 8 heteroatoms. The van der Waals surface area contributed by atoms with E-state index in [-0.39, 0.29) is 11.7 Å². The number of nitro groups is 1. The summed E-state index contributed by atoms with van der Waals surface area (Å²) in [5.74, 6) is -0.906. The third kappa shape index (κ3) is 2.79. The van der Waals surface area contributed by atoms with Gasteiger partial charge in [-0.2, -0.15) is 0 Å². The summed E-state index contributed by atoms with van der Waals surface area (Å²) < 4.78 is 0.513. The van der Waals surface area contributed by atoms with Gasteiger partial charge in [-0.3, -0.25) is 14.9 Å². The van der Waals surface area contributed by atoms with Crippen molar-refractivity contribution in [3.8, 4) is 0 Å². The minimum absolute atomic E-state index is 0.0622. The van der Waals surface area contributed by atoms with Gasteiger partial charge < -0.3 is 10.4 Å². The van der Waals surface area contributed by atoms with Crippen LogP contribution >= 0.6 is 15.9 Å². The second-order valence-corrected chi connectivity index (χ2v) is 5.30. The topological polar surface area (TPSA) is 105 Å². The van der Waals surface area contributed by atoms with Gasteiger partial charge in [0.2, 0.25) is 0 Å². The molecule has 1 aliphatic rings. The van der Waals surface area contributed by atoms with Crippen LogP contribution in [-0.4, -0.2) is 27.0 Å². The highest BCUT2D eigenvalue weighted by molar-refractivity contribution is 9.10. The van der Waals surface area contributed by atoms with Gasteiger partial charge in [0, 0.05) is 11.6 Å². The van der Waals surface area contributed by atoms with Crippen molar-refractivity contribution < 1.29 is 14.8 Å². The van der Waals surface area contributed by atoms with E-state index in [4.69, 9.17) is 5.11 Å². The summed E-state index contributed by atoms with van der Waals surface area (Å²) in [4.78, 5) is 25.2. The molecular weight excluding hydrogens is 330 g/mol. The molecule has 2 unspecified atom stereocenters. The normalized spacial score (nSPS) is 20.9. The fourth-order valence-electron chi connectivity index (χ4n) is 2.02. The Bertz CT molecular complexity index is 603. The van der Waals surface area contributed by atoms with Gasteiger partial charge >= 0.3 is 5.97 Å². The molecule has 2 N–H and O–H groups in total. The van der Waals surface area contributed by atoms with Crippen LogP contribution in [0.5, 0.6) is 0 Å². The molecule has 1 aromatic rings. The fourth-order valence-corrected chi connectivity index (χ4v) is 2.44. The number of anilines is 1. The summed E-state index contributed by atoms with van der Waals surface area (Å²) in [6.45, 7) is 1.62. The Labute approximate surface area is 123 Å². The van der Waals surface area contributed by atoms with Crippen LogP contribution in [-0.2, 0) is 4.79 Å². The van der Waals surface area contributed by atoms with Gasteiger partial charge in [-0.25, -0.2) is 4.98 Å². The average Bonchev–Trinajstić information content (AvgIpc) is 2.83. The molecule has 1 heterocycles. The van der Waals surface area contributed by atoms with Crippen molar-refractivity contribution in [2.75, 3.05) is 5.32 Å². The summed E-state index contributed by atoms with van der Waals surface area (Å²) in [5.41, 5.74) is 0.414. The molecule has 0 bridgehead atoms. The molecule has 0 aliphatic heterocycles. The number of carboxylic acid groups (broad SMARTS) is 1. The molecule has 0 saturated carbocycles. The van der Waals surface area contributed by atoms with Crippen molar-refractivity contribution in [2.24, 2.45) is 5.92 Å². The van der Waals surface area contributed by atoms with Crippen LogP contribution in [0.1, 0.15) is 12.0 Å². The molecule has 0 fully saturated rings. The smallest absolute Gasteiger partial charge is 0.310 e. The predicted molar refractivity (Wildman–Crippen MR) is 75.6 cm³/mol. The molecule has 0 saturated heterocycles. The van der Waals surface area contributed by atoms with Gasteiger partial charge in [0.25, 0.3) is 5.69 Å². The van der Waals surface area contributed by atoms with Gasteiger partial charge in [-0.05, 0) is 29.3 Å². The first kappa shape index (κ1) is 14.4. The molecule has 0 spiro atoms. The number of carboxylic acids is 1. The zero-order valence-electron chi connectivity index (χ0n) is 10.5. The van der Waals surface area contributed by atoms with Gasteiger partial charge in [0.1, 0.15) is 12.0 Å². The van der Waals surface area contributed by atoms with E-state index < -0.39 is 16.8 Å². The van der Waals surface area contributed by atoms with E-state index in [2.05, 4.69) is 26.2 Å². The van der Waals surface area contributed by atoms with Gasteiger partial charge in [-0.15, -0.1) is 0 Å². The van der Waals surface area contributed by atoms with Crippen LogP contribution < -0.4 is 5.32 Å².